The molecule has 192 valence electrons. The van der Waals surface area contributed by atoms with E-state index in [0.717, 1.165) is 6.07 Å². The Balaban J connectivity index is 1.35. The van der Waals surface area contributed by atoms with Gasteiger partial charge in [-0.15, -0.1) is 0 Å². The van der Waals surface area contributed by atoms with Crippen LogP contribution < -0.4 is 15.0 Å². The third-order valence-corrected chi connectivity index (χ3v) is 6.49. The van der Waals surface area contributed by atoms with E-state index in [9.17, 15) is 27.2 Å². The lowest BCUT2D eigenvalue weighted by atomic mass is 10.0. The van der Waals surface area contributed by atoms with E-state index < -0.39 is 35.0 Å². The van der Waals surface area contributed by atoms with Crippen LogP contribution in [0.1, 0.15) is 44.7 Å². The number of aromatic carboxylic acids is 1. The Morgan fingerprint density at radius 3 is 2.27 bits per heavy atom. The van der Waals surface area contributed by atoms with E-state index in [1.165, 1.54) is 36.4 Å². The maximum absolute atomic E-state index is 13.4. The van der Waals surface area contributed by atoms with Gasteiger partial charge in [0.2, 0.25) is 0 Å². The number of hydrogen-bond acceptors (Lipinski definition) is 5. The molecule has 0 bridgehead atoms. The van der Waals surface area contributed by atoms with Gasteiger partial charge in [-0.1, -0.05) is 12.1 Å². The molecule has 0 atom stereocenters. The van der Waals surface area contributed by atoms with Crippen molar-refractivity contribution < 1.29 is 37.0 Å². The van der Waals surface area contributed by atoms with Crippen molar-refractivity contribution in [3.63, 3.8) is 0 Å². The number of alkyl halides is 3. The average molecular weight is 515 g/mol. The summed E-state index contributed by atoms with van der Waals surface area (Å²) in [5.74, 6) is -1.65. The standard InChI is InChI=1S/C26H21F4N3O4/c27-18-5-7-19(8-6-18)37-20-13-33(14-20)22-21(11-17(12-31-22)26(28,29)30)23(34)32-25(9-10-25)16-3-1-15(2-4-16)24(35)36/h1-8,11-12,20H,9-10,13-14H2,(H,32,34)(H,35,36). The first-order chi connectivity index (χ1) is 17.5. The molecule has 11 heteroatoms. The highest BCUT2D eigenvalue weighted by Crippen LogP contribution is 2.46. The van der Waals surface area contributed by atoms with Crippen molar-refractivity contribution >= 4 is 17.7 Å². The molecule has 2 fully saturated rings. The van der Waals surface area contributed by atoms with Gasteiger partial charge >= 0.3 is 12.1 Å². The molecule has 0 unspecified atom stereocenters. The van der Waals surface area contributed by atoms with Gasteiger partial charge in [0.1, 0.15) is 23.5 Å². The number of benzene rings is 2. The molecule has 2 heterocycles. The van der Waals surface area contributed by atoms with E-state index in [1.54, 1.807) is 17.0 Å². The van der Waals surface area contributed by atoms with Crippen LogP contribution in [0.5, 0.6) is 5.75 Å². The summed E-state index contributed by atoms with van der Waals surface area (Å²) < 4.78 is 59.2. The molecule has 1 aromatic heterocycles. The van der Waals surface area contributed by atoms with Crippen LogP contribution in [-0.4, -0.2) is 41.2 Å². The zero-order valence-corrected chi connectivity index (χ0v) is 19.3. The molecule has 3 aromatic rings. The maximum atomic E-state index is 13.4. The molecule has 1 saturated carbocycles. The average Bonchev–Trinajstić information content (AvgIpc) is 3.62. The molecule has 0 radical (unpaired) electrons. The Kier molecular flexibility index (Phi) is 6.01. The minimum atomic E-state index is -4.69. The molecule has 1 amide bonds. The number of nitrogens with one attached hydrogen (secondary N) is 1. The monoisotopic (exact) mass is 515 g/mol. The number of halogens is 4. The van der Waals surface area contributed by atoms with E-state index in [-0.39, 0.29) is 36.1 Å². The van der Waals surface area contributed by atoms with Gasteiger partial charge in [0, 0.05) is 6.20 Å². The zero-order chi connectivity index (χ0) is 26.4. The van der Waals surface area contributed by atoms with Gasteiger partial charge in [-0.2, -0.15) is 13.2 Å². The summed E-state index contributed by atoms with van der Waals surface area (Å²) in [5, 5.41) is 11.9. The number of carbonyl (C=O) groups excluding carboxylic acids is 1. The molecular weight excluding hydrogens is 494 g/mol. The number of pyridine rings is 1. The molecule has 2 aliphatic rings. The molecule has 2 N–H and O–H groups in total. The Morgan fingerprint density at radius 1 is 1.05 bits per heavy atom. The van der Waals surface area contributed by atoms with E-state index in [0.29, 0.717) is 30.4 Å². The summed E-state index contributed by atoms with van der Waals surface area (Å²) >= 11 is 0. The zero-order valence-electron chi connectivity index (χ0n) is 19.3. The number of ether oxygens (including phenoxy) is 1. The highest BCUT2D eigenvalue weighted by molar-refractivity contribution is 6.00. The fourth-order valence-corrected chi connectivity index (χ4v) is 4.25. The third-order valence-electron chi connectivity index (χ3n) is 6.49. The van der Waals surface area contributed by atoms with Gasteiger partial charge in [0.25, 0.3) is 5.91 Å². The number of carboxylic acid groups (broad SMARTS) is 1. The van der Waals surface area contributed by atoms with Gasteiger partial charge in [-0.3, -0.25) is 4.79 Å². The van der Waals surface area contributed by atoms with Gasteiger partial charge in [0.15, 0.2) is 0 Å². The van der Waals surface area contributed by atoms with E-state index in [1.807, 2.05) is 0 Å². The van der Waals surface area contributed by atoms with Crippen molar-refractivity contribution in [3.05, 3.63) is 88.9 Å². The molecule has 1 aliphatic heterocycles. The second-order valence-electron chi connectivity index (χ2n) is 9.11. The predicted octanol–water partition coefficient (Wildman–Crippen LogP) is 4.62. The largest absolute Gasteiger partial charge is 0.487 e. The lowest BCUT2D eigenvalue weighted by Crippen LogP contribution is -2.55. The van der Waals surface area contributed by atoms with Crippen LogP contribution in [0, 0.1) is 5.82 Å². The molecule has 1 aliphatic carbocycles. The number of aromatic nitrogens is 1. The summed E-state index contributed by atoms with van der Waals surface area (Å²) in [6.07, 6.45) is -3.19. The number of carboxylic acids is 1. The predicted molar refractivity (Wildman–Crippen MR) is 124 cm³/mol. The van der Waals surface area contributed by atoms with Gasteiger partial charge in [-0.25, -0.2) is 14.2 Å². The first-order valence-corrected chi connectivity index (χ1v) is 11.4. The van der Waals surface area contributed by atoms with Crippen molar-refractivity contribution in [2.45, 2.75) is 30.7 Å². The second kappa shape index (κ2) is 9.06. The van der Waals surface area contributed by atoms with E-state index >= 15 is 0 Å². The van der Waals surface area contributed by atoms with Crippen LogP contribution in [-0.2, 0) is 11.7 Å². The Morgan fingerprint density at radius 2 is 1.70 bits per heavy atom. The van der Waals surface area contributed by atoms with Crippen LogP contribution in [0.15, 0.2) is 60.8 Å². The van der Waals surface area contributed by atoms with Crippen molar-refractivity contribution in [1.29, 1.82) is 0 Å². The number of rotatable bonds is 7. The fraction of sp³-hybridized carbons (Fsp3) is 0.269. The summed E-state index contributed by atoms with van der Waals surface area (Å²) in [7, 11) is 0. The van der Waals surface area contributed by atoms with E-state index in [2.05, 4.69) is 10.3 Å². The quantitative estimate of drug-likeness (QED) is 0.446. The van der Waals surface area contributed by atoms with Crippen molar-refractivity contribution in [2.24, 2.45) is 0 Å². The highest BCUT2D eigenvalue weighted by atomic mass is 19.4. The molecule has 2 aromatic carbocycles. The molecule has 7 nitrogen and oxygen atoms in total. The normalized spacial score (nSPS) is 16.6. The Hall–Kier alpha value is -4.15. The minimum Gasteiger partial charge on any atom is -0.487 e. The van der Waals surface area contributed by atoms with Crippen molar-refractivity contribution in [2.75, 3.05) is 18.0 Å². The molecule has 1 saturated heterocycles. The lowest BCUT2D eigenvalue weighted by molar-refractivity contribution is -0.137. The minimum absolute atomic E-state index is 0.0884. The van der Waals surface area contributed by atoms with Crippen LogP contribution in [0.25, 0.3) is 0 Å². The summed E-state index contributed by atoms with van der Waals surface area (Å²) in [4.78, 5) is 30.0. The number of nitrogens with zero attached hydrogens (tertiary/aromatic N) is 2. The number of hydrogen-bond donors (Lipinski definition) is 2. The molecule has 5 rings (SSSR count). The van der Waals surface area contributed by atoms with Crippen LogP contribution in [0.2, 0.25) is 0 Å². The number of carbonyl (C=O) groups is 2. The summed E-state index contributed by atoms with van der Waals surface area (Å²) in [5.41, 5.74) is -1.29. The van der Waals surface area contributed by atoms with Gasteiger partial charge in [0.05, 0.1) is 35.3 Å². The van der Waals surface area contributed by atoms with Gasteiger partial charge in [-0.05, 0) is 60.9 Å². The molecule has 37 heavy (non-hydrogen) atoms. The molecule has 0 spiro atoms. The number of anilines is 1. The van der Waals surface area contributed by atoms with Crippen molar-refractivity contribution in [3.8, 4) is 5.75 Å². The lowest BCUT2D eigenvalue weighted by Gasteiger charge is -2.40. The topological polar surface area (TPSA) is 91.8 Å². The summed E-state index contributed by atoms with van der Waals surface area (Å²) in [6, 6.07) is 12.3. The molecular formula is C26H21F4N3O4. The second-order valence-corrected chi connectivity index (χ2v) is 9.11. The van der Waals surface area contributed by atoms with E-state index in [4.69, 9.17) is 9.84 Å². The first-order valence-electron chi connectivity index (χ1n) is 11.4. The van der Waals surface area contributed by atoms with Crippen LogP contribution >= 0.6 is 0 Å². The van der Waals surface area contributed by atoms with Crippen LogP contribution in [0.4, 0.5) is 23.4 Å². The fourth-order valence-electron chi connectivity index (χ4n) is 4.25. The maximum Gasteiger partial charge on any atom is 0.417 e. The Labute approximate surface area is 208 Å². The Bertz CT molecular complexity index is 1330. The highest BCUT2D eigenvalue weighted by Gasteiger charge is 2.46. The van der Waals surface area contributed by atoms with Crippen molar-refractivity contribution in [1.82, 2.24) is 10.3 Å². The summed E-state index contributed by atoms with van der Waals surface area (Å²) in [6.45, 7) is 0.551. The van der Waals surface area contributed by atoms with Gasteiger partial charge < -0.3 is 20.1 Å². The third kappa shape index (κ3) is 5.07. The first kappa shape index (κ1) is 24.5. The smallest absolute Gasteiger partial charge is 0.417 e. The van der Waals surface area contributed by atoms with Crippen LogP contribution in [0.3, 0.4) is 0 Å². The number of amides is 1. The SMILES string of the molecule is O=C(O)c1ccc(C2(NC(=O)c3cc(C(F)(F)F)cnc3N3CC(Oc4ccc(F)cc4)C3)CC2)cc1.